The molecule has 0 fully saturated rings. The molecule has 5 nitrogen and oxygen atoms in total. The van der Waals surface area contributed by atoms with Crippen molar-refractivity contribution in [3.8, 4) is 0 Å². The van der Waals surface area contributed by atoms with Crippen LogP contribution in [0.3, 0.4) is 0 Å². The van der Waals surface area contributed by atoms with Crippen LogP contribution in [0.5, 0.6) is 0 Å². The fraction of sp³-hybridized carbons (Fsp3) is 0.294. The zero-order valence-electron chi connectivity index (χ0n) is 13.4. The van der Waals surface area contributed by atoms with E-state index in [1.54, 1.807) is 0 Å². The van der Waals surface area contributed by atoms with Crippen molar-refractivity contribution >= 4 is 45.5 Å². The van der Waals surface area contributed by atoms with Crippen LogP contribution in [0, 0.1) is 5.82 Å². The van der Waals surface area contributed by atoms with Crippen molar-refractivity contribution in [3.63, 3.8) is 0 Å². The van der Waals surface area contributed by atoms with Gasteiger partial charge in [-0.3, -0.25) is 4.79 Å². The molecular weight excluding hydrogens is 367 g/mol. The molecule has 132 valence electrons. The van der Waals surface area contributed by atoms with Gasteiger partial charge in [-0.15, -0.1) is 11.3 Å². The van der Waals surface area contributed by atoms with Crippen LogP contribution in [0.4, 0.5) is 15.1 Å². The minimum absolute atomic E-state index is 0.143. The van der Waals surface area contributed by atoms with Crippen LogP contribution >= 0.6 is 22.9 Å². The van der Waals surface area contributed by atoms with Crippen molar-refractivity contribution in [1.82, 2.24) is 0 Å². The number of hydrogen-bond acceptors (Lipinski definition) is 5. The van der Waals surface area contributed by atoms with E-state index in [2.05, 4.69) is 10.6 Å². The highest BCUT2D eigenvalue weighted by molar-refractivity contribution is 7.17. The third kappa shape index (κ3) is 3.77. The first-order valence-electron chi connectivity index (χ1n) is 7.71. The Labute approximate surface area is 153 Å². The number of ether oxygens (including phenoxy) is 1. The number of amides is 1. The lowest BCUT2D eigenvalue weighted by Crippen LogP contribution is -2.23. The molecule has 0 unspecified atom stereocenters. The molecule has 0 aliphatic heterocycles. The zero-order chi connectivity index (χ0) is 18.0. The van der Waals surface area contributed by atoms with E-state index in [1.165, 1.54) is 36.6 Å². The van der Waals surface area contributed by atoms with E-state index in [0.29, 0.717) is 15.6 Å². The second-order valence-electron chi connectivity index (χ2n) is 5.58. The van der Waals surface area contributed by atoms with Crippen molar-refractivity contribution in [2.45, 2.75) is 19.3 Å². The lowest BCUT2D eigenvalue weighted by atomic mass is 10.1. The van der Waals surface area contributed by atoms with Gasteiger partial charge in [0.15, 0.2) is 0 Å². The molecule has 0 bridgehead atoms. The maximum absolute atomic E-state index is 13.7. The topological polar surface area (TPSA) is 67.4 Å². The summed E-state index contributed by atoms with van der Waals surface area (Å²) in [5, 5.41) is 6.27. The molecule has 1 heterocycles. The number of thiophene rings is 1. The van der Waals surface area contributed by atoms with Crippen molar-refractivity contribution in [2.75, 3.05) is 24.3 Å². The van der Waals surface area contributed by atoms with E-state index in [9.17, 15) is 14.0 Å². The van der Waals surface area contributed by atoms with Crippen molar-refractivity contribution in [1.29, 1.82) is 0 Å². The first-order chi connectivity index (χ1) is 12.0. The van der Waals surface area contributed by atoms with E-state index >= 15 is 0 Å². The summed E-state index contributed by atoms with van der Waals surface area (Å²) in [7, 11) is 1.32. The van der Waals surface area contributed by atoms with Gasteiger partial charge in [0, 0.05) is 9.90 Å². The molecule has 0 radical (unpaired) electrons. The van der Waals surface area contributed by atoms with Crippen LogP contribution in [-0.4, -0.2) is 25.5 Å². The first-order valence-corrected chi connectivity index (χ1v) is 8.90. The van der Waals surface area contributed by atoms with Gasteiger partial charge in [0.1, 0.15) is 10.8 Å². The summed E-state index contributed by atoms with van der Waals surface area (Å²) in [6, 6.07) is 4.06. The Morgan fingerprint density at radius 1 is 1.36 bits per heavy atom. The Balaban J connectivity index is 1.71. The quantitative estimate of drug-likeness (QED) is 0.770. The third-order valence-electron chi connectivity index (χ3n) is 3.93. The normalized spacial score (nSPS) is 12.6. The molecule has 1 aliphatic rings. The number of aryl methyl sites for hydroxylation is 1. The molecule has 1 amide bonds. The number of carbonyl (C=O) groups is 2. The van der Waals surface area contributed by atoms with Gasteiger partial charge in [-0.25, -0.2) is 9.18 Å². The van der Waals surface area contributed by atoms with Gasteiger partial charge >= 0.3 is 5.97 Å². The molecule has 0 saturated carbocycles. The Kier molecular flexibility index (Phi) is 5.24. The molecular formula is C17H16ClFN2O3S. The number of halogens is 2. The van der Waals surface area contributed by atoms with Crippen LogP contribution in [-0.2, 0) is 22.4 Å². The van der Waals surface area contributed by atoms with Crippen LogP contribution in [0.25, 0.3) is 0 Å². The molecule has 8 heteroatoms. The number of methoxy groups -OCH3 is 1. The monoisotopic (exact) mass is 382 g/mol. The average molecular weight is 383 g/mol. The lowest BCUT2D eigenvalue weighted by Gasteiger charge is -2.09. The lowest BCUT2D eigenvalue weighted by molar-refractivity contribution is -0.114. The van der Waals surface area contributed by atoms with Crippen molar-refractivity contribution < 1.29 is 18.7 Å². The minimum Gasteiger partial charge on any atom is -0.465 e. The number of rotatable bonds is 5. The minimum atomic E-state index is -0.498. The molecule has 0 spiro atoms. The Hall–Kier alpha value is -2.12. The van der Waals surface area contributed by atoms with E-state index in [1.807, 2.05) is 0 Å². The fourth-order valence-electron chi connectivity index (χ4n) is 2.79. The predicted octanol–water partition coefficient (Wildman–Crippen LogP) is 3.87. The van der Waals surface area contributed by atoms with Crippen molar-refractivity contribution in [2.24, 2.45) is 0 Å². The summed E-state index contributed by atoms with van der Waals surface area (Å²) in [5.41, 5.74) is 1.53. The highest BCUT2D eigenvalue weighted by Gasteiger charge is 2.27. The Morgan fingerprint density at radius 2 is 2.16 bits per heavy atom. The predicted molar refractivity (Wildman–Crippen MR) is 96.2 cm³/mol. The molecule has 0 saturated heterocycles. The summed E-state index contributed by atoms with van der Waals surface area (Å²) in [6.07, 6.45) is 2.69. The first kappa shape index (κ1) is 17.7. The molecule has 2 N–H and O–H groups in total. The second kappa shape index (κ2) is 7.41. The van der Waals surface area contributed by atoms with Crippen LogP contribution in [0.1, 0.15) is 27.2 Å². The van der Waals surface area contributed by atoms with Gasteiger partial charge in [0.25, 0.3) is 0 Å². The molecule has 1 aromatic carbocycles. The maximum atomic E-state index is 13.7. The Morgan fingerprint density at radius 3 is 2.92 bits per heavy atom. The highest BCUT2D eigenvalue weighted by atomic mass is 35.5. The van der Waals surface area contributed by atoms with Crippen molar-refractivity contribution in [3.05, 3.63) is 45.0 Å². The van der Waals surface area contributed by atoms with Crippen LogP contribution < -0.4 is 10.6 Å². The fourth-order valence-corrected chi connectivity index (χ4v) is 4.26. The Bertz CT molecular complexity index is 838. The van der Waals surface area contributed by atoms with E-state index in [-0.39, 0.29) is 18.1 Å². The van der Waals surface area contributed by atoms with Gasteiger partial charge in [0.05, 0.1) is 24.9 Å². The largest absolute Gasteiger partial charge is 0.465 e. The van der Waals surface area contributed by atoms with E-state index in [4.69, 9.17) is 16.3 Å². The third-order valence-corrected chi connectivity index (χ3v) is 5.37. The number of hydrogen-bond donors (Lipinski definition) is 2. The molecule has 3 rings (SSSR count). The smallest absolute Gasteiger partial charge is 0.341 e. The van der Waals surface area contributed by atoms with Gasteiger partial charge < -0.3 is 15.4 Å². The summed E-state index contributed by atoms with van der Waals surface area (Å²) in [5.74, 6) is -1.34. The van der Waals surface area contributed by atoms with Gasteiger partial charge in [-0.1, -0.05) is 11.6 Å². The van der Waals surface area contributed by atoms with Crippen LogP contribution in [0.15, 0.2) is 18.2 Å². The number of anilines is 2. The standard InChI is InChI=1S/C17H16ClFN2O3S/c1-24-17(23)15-10-3-2-4-13(10)25-16(15)21-14(22)8-20-12-7-9(18)5-6-11(12)19/h5-7,20H,2-4,8H2,1H3,(H,21,22). The summed E-state index contributed by atoms with van der Waals surface area (Å²) < 4.78 is 18.5. The molecule has 25 heavy (non-hydrogen) atoms. The molecule has 1 aromatic heterocycles. The van der Waals surface area contributed by atoms with Gasteiger partial charge in [-0.2, -0.15) is 0 Å². The maximum Gasteiger partial charge on any atom is 0.341 e. The SMILES string of the molecule is COC(=O)c1c(NC(=O)CNc2cc(Cl)ccc2F)sc2c1CCC2. The number of benzene rings is 1. The highest BCUT2D eigenvalue weighted by Crippen LogP contribution is 2.39. The molecule has 0 atom stereocenters. The van der Waals surface area contributed by atoms with Gasteiger partial charge in [-0.05, 0) is 43.0 Å². The summed E-state index contributed by atoms with van der Waals surface area (Å²) >= 11 is 7.21. The number of carbonyl (C=O) groups excluding carboxylic acids is 2. The van der Waals surface area contributed by atoms with E-state index in [0.717, 1.165) is 29.7 Å². The average Bonchev–Trinajstić information content (AvgIpc) is 3.15. The zero-order valence-corrected chi connectivity index (χ0v) is 15.0. The number of fused-ring (bicyclic) bond motifs is 1. The van der Waals surface area contributed by atoms with Crippen LogP contribution in [0.2, 0.25) is 5.02 Å². The number of nitrogens with one attached hydrogen (secondary N) is 2. The summed E-state index contributed by atoms with van der Waals surface area (Å²) in [4.78, 5) is 25.4. The number of esters is 1. The van der Waals surface area contributed by atoms with Gasteiger partial charge in [0.2, 0.25) is 5.91 Å². The van der Waals surface area contributed by atoms with E-state index < -0.39 is 11.8 Å². The molecule has 1 aliphatic carbocycles. The molecule has 2 aromatic rings. The summed E-state index contributed by atoms with van der Waals surface area (Å²) in [6.45, 7) is -0.152. The second-order valence-corrected chi connectivity index (χ2v) is 7.12.